The second kappa shape index (κ2) is 3.69. The van der Waals surface area contributed by atoms with Crippen molar-refractivity contribution in [3.8, 4) is 0 Å². The first-order valence-electron chi connectivity index (χ1n) is 6.00. The second-order valence-corrected chi connectivity index (χ2v) is 6.03. The molecule has 0 spiro atoms. The normalized spacial score (nSPS) is 38.1. The fourth-order valence-corrected chi connectivity index (χ4v) is 2.75. The van der Waals surface area contributed by atoms with Crippen molar-refractivity contribution in [3.05, 3.63) is 12.2 Å². The molecule has 0 radical (unpaired) electrons. The zero-order valence-electron chi connectivity index (χ0n) is 9.72. The molecule has 80 valence electrons. The van der Waals surface area contributed by atoms with Gasteiger partial charge in [0, 0.05) is 12.1 Å². The van der Waals surface area contributed by atoms with Crippen LogP contribution in [-0.4, -0.2) is 12.1 Å². The van der Waals surface area contributed by atoms with E-state index in [9.17, 15) is 0 Å². The van der Waals surface area contributed by atoms with E-state index in [4.69, 9.17) is 0 Å². The molecule has 3 atom stereocenters. The number of fused-ring (bicyclic) bond motifs is 1. The summed E-state index contributed by atoms with van der Waals surface area (Å²) in [6, 6.07) is 1.49. The van der Waals surface area contributed by atoms with Crippen molar-refractivity contribution in [1.82, 2.24) is 5.32 Å². The van der Waals surface area contributed by atoms with Crippen molar-refractivity contribution in [2.24, 2.45) is 11.3 Å². The van der Waals surface area contributed by atoms with Crippen LogP contribution >= 0.6 is 0 Å². The van der Waals surface area contributed by atoms with Gasteiger partial charge in [0.2, 0.25) is 0 Å². The lowest BCUT2D eigenvalue weighted by Crippen LogP contribution is -2.28. The van der Waals surface area contributed by atoms with Gasteiger partial charge < -0.3 is 5.32 Å². The van der Waals surface area contributed by atoms with Crippen LogP contribution in [0.3, 0.4) is 0 Å². The smallest absolute Gasteiger partial charge is 0.0256 e. The van der Waals surface area contributed by atoms with Crippen molar-refractivity contribution in [2.45, 2.75) is 58.5 Å². The SMILES string of the molecule is CC(C)(C)/C=C/C1CC2CCCC2N1. The molecule has 0 amide bonds. The molecule has 2 fully saturated rings. The molecule has 2 aliphatic rings. The van der Waals surface area contributed by atoms with E-state index in [0.29, 0.717) is 11.5 Å². The first kappa shape index (κ1) is 10.2. The first-order valence-corrected chi connectivity index (χ1v) is 6.00. The summed E-state index contributed by atoms with van der Waals surface area (Å²) in [5, 5.41) is 3.74. The van der Waals surface area contributed by atoms with Crippen LogP contribution in [0, 0.1) is 11.3 Å². The second-order valence-electron chi connectivity index (χ2n) is 6.03. The van der Waals surface area contributed by atoms with E-state index in [1.807, 2.05) is 0 Å². The minimum absolute atomic E-state index is 0.333. The molecule has 1 saturated heterocycles. The van der Waals surface area contributed by atoms with Gasteiger partial charge in [-0.05, 0) is 30.6 Å². The lowest BCUT2D eigenvalue weighted by molar-refractivity contribution is 0.518. The summed E-state index contributed by atoms with van der Waals surface area (Å²) in [6.07, 6.45) is 10.4. The lowest BCUT2D eigenvalue weighted by Gasteiger charge is -2.14. The van der Waals surface area contributed by atoms with E-state index in [0.717, 1.165) is 12.0 Å². The Morgan fingerprint density at radius 2 is 2.00 bits per heavy atom. The molecular weight excluding hydrogens is 170 g/mol. The van der Waals surface area contributed by atoms with Gasteiger partial charge in [-0.25, -0.2) is 0 Å². The van der Waals surface area contributed by atoms with Crippen LogP contribution in [0.15, 0.2) is 12.2 Å². The zero-order chi connectivity index (χ0) is 10.2. The fourth-order valence-electron chi connectivity index (χ4n) is 2.75. The third-order valence-electron chi connectivity index (χ3n) is 3.47. The monoisotopic (exact) mass is 193 g/mol. The predicted molar refractivity (Wildman–Crippen MR) is 61.3 cm³/mol. The van der Waals surface area contributed by atoms with Crippen molar-refractivity contribution in [3.63, 3.8) is 0 Å². The first-order chi connectivity index (χ1) is 6.54. The molecule has 1 heteroatoms. The van der Waals surface area contributed by atoms with Crippen LogP contribution in [0.2, 0.25) is 0 Å². The molecule has 1 nitrogen and oxygen atoms in total. The van der Waals surface area contributed by atoms with Gasteiger partial charge >= 0.3 is 0 Å². The van der Waals surface area contributed by atoms with Gasteiger partial charge in [0.25, 0.3) is 0 Å². The third-order valence-corrected chi connectivity index (χ3v) is 3.47. The van der Waals surface area contributed by atoms with Gasteiger partial charge in [0.05, 0.1) is 0 Å². The van der Waals surface area contributed by atoms with Crippen molar-refractivity contribution < 1.29 is 0 Å². The van der Waals surface area contributed by atoms with E-state index >= 15 is 0 Å². The zero-order valence-corrected chi connectivity index (χ0v) is 9.72. The minimum Gasteiger partial charge on any atom is -0.307 e. The average Bonchev–Trinajstić information content (AvgIpc) is 2.56. The standard InChI is InChI=1S/C13H23N/c1-13(2,3)8-7-11-9-10-5-4-6-12(10)14-11/h7-8,10-12,14H,4-6,9H2,1-3H3/b8-7+. The number of hydrogen-bond donors (Lipinski definition) is 1. The molecule has 1 aliphatic carbocycles. The van der Waals surface area contributed by atoms with Crippen LogP contribution in [0.1, 0.15) is 46.5 Å². The maximum absolute atomic E-state index is 3.74. The molecule has 2 rings (SSSR count). The van der Waals surface area contributed by atoms with Gasteiger partial charge in [-0.3, -0.25) is 0 Å². The van der Waals surface area contributed by atoms with Crippen LogP contribution in [0.5, 0.6) is 0 Å². The minimum atomic E-state index is 0.333. The highest BCUT2D eigenvalue weighted by Gasteiger charge is 2.35. The molecule has 0 aromatic rings. The van der Waals surface area contributed by atoms with Crippen LogP contribution in [-0.2, 0) is 0 Å². The van der Waals surface area contributed by atoms with Gasteiger partial charge in [-0.2, -0.15) is 0 Å². The Morgan fingerprint density at radius 1 is 1.21 bits per heavy atom. The van der Waals surface area contributed by atoms with Gasteiger partial charge in [-0.15, -0.1) is 0 Å². The summed E-state index contributed by atoms with van der Waals surface area (Å²) in [5.41, 5.74) is 0.333. The molecule has 0 bridgehead atoms. The summed E-state index contributed by atoms with van der Waals surface area (Å²) in [6.45, 7) is 6.79. The van der Waals surface area contributed by atoms with E-state index in [1.165, 1.54) is 25.7 Å². The van der Waals surface area contributed by atoms with Crippen molar-refractivity contribution in [2.75, 3.05) is 0 Å². The van der Waals surface area contributed by atoms with Gasteiger partial charge in [0.15, 0.2) is 0 Å². The largest absolute Gasteiger partial charge is 0.307 e. The Labute approximate surface area is 88.0 Å². The maximum Gasteiger partial charge on any atom is 0.0256 e. The molecule has 3 unspecified atom stereocenters. The summed E-state index contributed by atoms with van der Waals surface area (Å²) >= 11 is 0. The van der Waals surface area contributed by atoms with Crippen LogP contribution < -0.4 is 5.32 Å². The highest BCUT2D eigenvalue weighted by molar-refractivity contribution is 5.06. The summed E-state index contributed by atoms with van der Waals surface area (Å²) < 4.78 is 0. The van der Waals surface area contributed by atoms with Crippen LogP contribution in [0.25, 0.3) is 0 Å². The number of allylic oxidation sites excluding steroid dienone is 1. The summed E-state index contributed by atoms with van der Waals surface area (Å²) in [5.74, 6) is 0.976. The Morgan fingerprint density at radius 3 is 2.64 bits per heavy atom. The third kappa shape index (κ3) is 2.38. The predicted octanol–water partition coefficient (Wildman–Crippen LogP) is 3.12. The average molecular weight is 193 g/mol. The van der Waals surface area contributed by atoms with E-state index in [1.54, 1.807) is 0 Å². The van der Waals surface area contributed by atoms with Gasteiger partial charge in [0.1, 0.15) is 0 Å². The Kier molecular flexibility index (Phi) is 2.70. The molecule has 0 aromatic carbocycles. The molecule has 1 saturated carbocycles. The van der Waals surface area contributed by atoms with Crippen molar-refractivity contribution in [1.29, 1.82) is 0 Å². The van der Waals surface area contributed by atoms with Crippen LogP contribution in [0.4, 0.5) is 0 Å². The number of hydrogen-bond acceptors (Lipinski definition) is 1. The van der Waals surface area contributed by atoms with E-state index in [-0.39, 0.29) is 0 Å². The maximum atomic E-state index is 3.74. The highest BCUT2D eigenvalue weighted by Crippen LogP contribution is 2.35. The quantitative estimate of drug-likeness (QED) is 0.631. The molecule has 1 N–H and O–H groups in total. The number of rotatable bonds is 1. The van der Waals surface area contributed by atoms with E-state index < -0.39 is 0 Å². The summed E-state index contributed by atoms with van der Waals surface area (Å²) in [7, 11) is 0. The lowest BCUT2D eigenvalue weighted by atomic mass is 9.94. The molecule has 1 heterocycles. The van der Waals surface area contributed by atoms with Gasteiger partial charge in [-0.1, -0.05) is 39.3 Å². The topological polar surface area (TPSA) is 12.0 Å². The van der Waals surface area contributed by atoms with E-state index in [2.05, 4.69) is 38.2 Å². The number of nitrogens with one attached hydrogen (secondary N) is 1. The molecule has 1 aliphatic heterocycles. The molecule has 14 heavy (non-hydrogen) atoms. The Hall–Kier alpha value is -0.300. The van der Waals surface area contributed by atoms with Crippen molar-refractivity contribution >= 4 is 0 Å². The molecular formula is C13H23N. The summed E-state index contributed by atoms with van der Waals surface area (Å²) in [4.78, 5) is 0. The Bertz CT molecular complexity index is 212. The fraction of sp³-hybridized carbons (Fsp3) is 0.846. The highest BCUT2D eigenvalue weighted by atomic mass is 15.0. The Balaban J connectivity index is 1.88. The molecule has 0 aromatic heterocycles.